The molecule has 0 aliphatic rings. The number of carbonyl (C=O) groups is 3. The normalized spacial score (nSPS) is 11.4. The van der Waals surface area contributed by atoms with E-state index in [9.17, 15) is 27.6 Å². The van der Waals surface area contributed by atoms with Gasteiger partial charge in [0.25, 0.3) is 0 Å². The summed E-state index contributed by atoms with van der Waals surface area (Å²) in [5.41, 5.74) is 0.189. The summed E-state index contributed by atoms with van der Waals surface area (Å²) in [4.78, 5) is 37.8. The van der Waals surface area contributed by atoms with Crippen LogP contribution >= 0.6 is 11.3 Å². The lowest BCUT2D eigenvalue weighted by atomic mass is 10.1. The number of halogens is 3. The summed E-state index contributed by atoms with van der Waals surface area (Å²) in [5, 5.41) is 12.9. The fourth-order valence-corrected chi connectivity index (χ4v) is 4.19. The smallest absolute Gasteiger partial charge is 0.413 e. The van der Waals surface area contributed by atoms with Gasteiger partial charge in [-0.3, -0.25) is 10.1 Å². The Kier molecular flexibility index (Phi) is 10.6. The number of urea groups is 1. The average molecular weight is 566 g/mol. The number of esters is 1. The molecular weight excluding hydrogens is 539 g/mol. The van der Waals surface area contributed by atoms with Gasteiger partial charge in [-0.2, -0.15) is 0 Å². The van der Waals surface area contributed by atoms with Crippen LogP contribution in [-0.2, 0) is 20.8 Å². The highest BCUT2D eigenvalue weighted by Crippen LogP contribution is 2.28. The first-order valence-electron chi connectivity index (χ1n) is 11.7. The monoisotopic (exact) mass is 565 g/mol. The van der Waals surface area contributed by atoms with Crippen LogP contribution in [0, 0.1) is 17.5 Å². The number of hydrogen-bond acceptors (Lipinski definition) is 8. The SMILES string of the molecule is COC(=O)CCC[C@@H](COC(=O)Nc1nnc(-c2ccccc2F)s1)N(C)C(=O)NCc1cccc(F)c1F. The summed E-state index contributed by atoms with van der Waals surface area (Å²) in [6.45, 7) is -0.533. The average Bonchev–Trinajstić information content (AvgIpc) is 3.38. The summed E-state index contributed by atoms with van der Waals surface area (Å²) in [5.74, 6) is -3.03. The molecule has 0 unspecified atom stereocenters. The predicted octanol–water partition coefficient (Wildman–Crippen LogP) is 4.72. The van der Waals surface area contributed by atoms with E-state index in [0.717, 1.165) is 17.4 Å². The summed E-state index contributed by atoms with van der Waals surface area (Å²) in [6, 6.07) is 8.30. The molecule has 0 aliphatic heterocycles. The number of rotatable bonds is 11. The fourth-order valence-electron chi connectivity index (χ4n) is 3.43. The molecule has 2 aromatic carbocycles. The van der Waals surface area contributed by atoms with Gasteiger partial charge in [-0.1, -0.05) is 35.6 Å². The second-order valence-corrected chi connectivity index (χ2v) is 9.20. The summed E-state index contributed by atoms with van der Waals surface area (Å²) < 4.78 is 51.2. The Bertz CT molecular complexity index is 1310. The minimum absolute atomic E-state index is 0.0403. The van der Waals surface area contributed by atoms with Crippen LogP contribution in [0.15, 0.2) is 42.5 Å². The highest BCUT2D eigenvalue weighted by atomic mass is 32.1. The van der Waals surface area contributed by atoms with E-state index >= 15 is 0 Å². The molecule has 1 heterocycles. The summed E-state index contributed by atoms with van der Waals surface area (Å²) in [6.07, 6.45) is -0.232. The maximum atomic E-state index is 14.0. The lowest BCUT2D eigenvalue weighted by molar-refractivity contribution is -0.140. The van der Waals surface area contributed by atoms with Gasteiger partial charge in [0, 0.05) is 31.1 Å². The molecule has 0 saturated carbocycles. The van der Waals surface area contributed by atoms with Gasteiger partial charge in [-0.25, -0.2) is 22.8 Å². The molecule has 1 aromatic heterocycles. The van der Waals surface area contributed by atoms with E-state index in [-0.39, 0.29) is 47.3 Å². The standard InChI is InChI=1S/C25H26F3N5O5S/c1-33(24(35)29-13-15-7-5-11-19(27)21(15)28)16(8-6-12-20(34)37-2)14-38-25(36)30-23-32-31-22(39-23)17-9-3-4-10-18(17)26/h3-5,7,9-11,16H,6,8,12-14H2,1-2H3,(H,29,35)(H,30,32,36)/t16-/m0/s1. The molecule has 0 radical (unpaired) electrons. The van der Waals surface area contributed by atoms with Crippen LogP contribution in [0.3, 0.4) is 0 Å². The Morgan fingerprint density at radius 1 is 1.05 bits per heavy atom. The van der Waals surface area contributed by atoms with Gasteiger partial charge in [0.15, 0.2) is 16.6 Å². The molecule has 3 aromatic rings. The van der Waals surface area contributed by atoms with Crippen LogP contribution in [0.4, 0.5) is 27.9 Å². The van der Waals surface area contributed by atoms with Crippen LogP contribution in [-0.4, -0.2) is 60.0 Å². The zero-order valence-corrected chi connectivity index (χ0v) is 21.9. The van der Waals surface area contributed by atoms with E-state index in [1.807, 2.05) is 0 Å². The number of anilines is 1. The van der Waals surface area contributed by atoms with Gasteiger partial charge in [0.2, 0.25) is 5.13 Å². The fraction of sp³-hybridized carbons (Fsp3) is 0.320. The van der Waals surface area contributed by atoms with Crippen molar-refractivity contribution >= 4 is 34.6 Å². The van der Waals surface area contributed by atoms with Crippen molar-refractivity contribution in [2.75, 3.05) is 26.1 Å². The number of nitrogens with zero attached hydrogens (tertiary/aromatic N) is 3. The molecule has 1 atom stereocenters. The molecular formula is C25H26F3N5O5S. The van der Waals surface area contributed by atoms with Crippen LogP contribution < -0.4 is 10.6 Å². The highest BCUT2D eigenvalue weighted by Gasteiger charge is 2.23. The van der Waals surface area contributed by atoms with E-state index in [1.165, 1.54) is 49.4 Å². The largest absolute Gasteiger partial charge is 0.469 e. The molecule has 0 aliphatic carbocycles. The Balaban J connectivity index is 1.59. The molecule has 0 saturated heterocycles. The zero-order valence-electron chi connectivity index (χ0n) is 21.1. The maximum Gasteiger partial charge on any atom is 0.413 e. The van der Waals surface area contributed by atoms with E-state index in [0.29, 0.717) is 6.42 Å². The van der Waals surface area contributed by atoms with Gasteiger partial charge in [0.1, 0.15) is 12.4 Å². The topological polar surface area (TPSA) is 123 Å². The number of methoxy groups -OCH3 is 1. The zero-order chi connectivity index (χ0) is 28.4. The highest BCUT2D eigenvalue weighted by molar-refractivity contribution is 7.18. The van der Waals surface area contributed by atoms with Crippen molar-refractivity contribution in [3.05, 3.63) is 65.5 Å². The van der Waals surface area contributed by atoms with Crippen molar-refractivity contribution in [1.82, 2.24) is 20.4 Å². The van der Waals surface area contributed by atoms with E-state index < -0.39 is 41.6 Å². The van der Waals surface area contributed by atoms with Gasteiger partial charge < -0.3 is 19.7 Å². The van der Waals surface area contributed by atoms with Crippen molar-refractivity contribution in [3.8, 4) is 10.6 Å². The predicted molar refractivity (Wildman–Crippen MR) is 136 cm³/mol. The Morgan fingerprint density at radius 3 is 2.54 bits per heavy atom. The summed E-state index contributed by atoms with van der Waals surface area (Å²) in [7, 11) is 2.69. The van der Waals surface area contributed by atoms with Gasteiger partial charge in [0.05, 0.1) is 13.2 Å². The number of benzene rings is 2. The third-order valence-corrected chi connectivity index (χ3v) is 6.49. The van der Waals surface area contributed by atoms with Crippen molar-refractivity contribution < 1.29 is 37.0 Å². The molecule has 0 spiro atoms. The van der Waals surface area contributed by atoms with Crippen LogP contribution in [0.1, 0.15) is 24.8 Å². The minimum Gasteiger partial charge on any atom is -0.469 e. The van der Waals surface area contributed by atoms with Gasteiger partial charge >= 0.3 is 18.1 Å². The quantitative estimate of drug-likeness (QED) is 0.323. The van der Waals surface area contributed by atoms with Crippen molar-refractivity contribution in [1.29, 1.82) is 0 Å². The number of nitrogens with one attached hydrogen (secondary N) is 2. The van der Waals surface area contributed by atoms with E-state index in [2.05, 4.69) is 25.6 Å². The van der Waals surface area contributed by atoms with Crippen LogP contribution in [0.2, 0.25) is 0 Å². The number of amides is 3. The number of aromatic nitrogens is 2. The van der Waals surface area contributed by atoms with Gasteiger partial charge in [-0.15, -0.1) is 10.2 Å². The first-order valence-corrected chi connectivity index (χ1v) is 12.5. The first-order chi connectivity index (χ1) is 18.7. The lowest BCUT2D eigenvalue weighted by Gasteiger charge is -2.28. The number of hydrogen-bond donors (Lipinski definition) is 2. The van der Waals surface area contributed by atoms with Crippen molar-refractivity contribution in [2.45, 2.75) is 31.8 Å². The third kappa shape index (κ3) is 8.40. The molecule has 208 valence electrons. The second-order valence-electron chi connectivity index (χ2n) is 8.22. The molecule has 2 N–H and O–H groups in total. The van der Waals surface area contributed by atoms with E-state index in [1.54, 1.807) is 6.07 Å². The first kappa shape index (κ1) is 29.4. The lowest BCUT2D eigenvalue weighted by Crippen LogP contribution is -2.46. The van der Waals surface area contributed by atoms with Crippen molar-refractivity contribution in [3.63, 3.8) is 0 Å². The van der Waals surface area contributed by atoms with Crippen LogP contribution in [0.5, 0.6) is 0 Å². The Morgan fingerprint density at radius 2 is 1.79 bits per heavy atom. The Labute approximate surface area is 226 Å². The number of likely N-dealkylation sites (N-methyl/N-ethyl adjacent to an activating group) is 1. The van der Waals surface area contributed by atoms with Gasteiger partial charge in [-0.05, 0) is 31.0 Å². The number of ether oxygens (including phenoxy) is 2. The van der Waals surface area contributed by atoms with Crippen molar-refractivity contribution in [2.24, 2.45) is 0 Å². The maximum absolute atomic E-state index is 14.0. The molecule has 0 fully saturated rings. The second kappa shape index (κ2) is 14.1. The summed E-state index contributed by atoms with van der Waals surface area (Å²) >= 11 is 0.943. The minimum atomic E-state index is -1.06. The molecule has 3 amide bonds. The molecule has 0 bridgehead atoms. The molecule has 3 rings (SSSR count). The Hall–Kier alpha value is -4.20. The van der Waals surface area contributed by atoms with Crippen LogP contribution in [0.25, 0.3) is 10.6 Å². The molecule has 10 nitrogen and oxygen atoms in total. The van der Waals surface area contributed by atoms with E-state index in [4.69, 9.17) is 4.74 Å². The third-order valence-electron chi connectivity index (χ3n) is 5.62. The molecule has 39 heavy (non-hydrogen) atoms. The number of carbonyl (C=O) groups excluding carboxylic acids is 3. The molecule has 14 heteroatoms.